The lowest BCUT2D eigenvalue weighted by Crippen LogP contribution is -1.98. The molecular formula is C28H21N3O2. The molecule has 0 aliphatic carbocycles. The Morgan fingerprint density at radius 1 is 0.848 bits per heavy atom. The maximum Gasteiger partial charge on any atom is 0.219 e. The number of aromatic hydroxyl groups is 1. The normalized spacial score (nSPS) is 11.4. The van der Waals surface area contributed by atoms with Crippen LogP contribution in [0.25, 0.3) is 38.5 Å². The van der Waals surface area contributed by atoms with Gasteiger partial charge in [0, 0.05) is 34.5 Å². The third kappa shape index (κ3) is 3.26. The first-order chi connectivity index (χ1) is 16.2. The number of aromatic nitrogens is 3. The minimum atomic E-state index is 0.135. The highest BCUT2D eigenvalue weighted by Crippen LogP contribution is 2.35. The molecule has 33 heavy (non-hydrogen) atoms. The van der Waals surface area contributed by atoms with Crippen molar-refractivity contribution in [3.8, 4) is 23.2 Å². The summed E-state index contributed by atoms with van der Waals surface area (Å²) in [5.41, 5.74) is 3.86. The van der Waals surface area contributed by atoms with Gasteiger partial charge in [-0.2, -0.15) is 0 Å². The van der Waals surface area contributed by atoms with Crippen molar-refractivity contribution in [2.24, 2.45) is 0 Å². The van der Waals surface area contributed by atoms with Crippen molar-refractivity contribution in [3.63, 3.8) is 0 Å². The van der Waals surface area contributed by atoms with Crippen LogP contribution in [0.15, 0.2) is 91.1 Å². The average Bonchev–Trinajstić information content (AvgIpc) is 3.18. The molecule has 160 valence electrons. The average molecular weight is 431 g/mol. The molecule has 0 amide bonds. The van der Waals surface area contributed by atoms with Gasteiger partial charge in [-0.25, -0.2) is 9.97 Å². The van der Waals surface area contributed by atoms with Crippen molar-refractivity contribution in [1.82, 2.24) is 14.5 Å². The third-order valence-electron chi connectivity index (χ3n) is 5.99. The molecule has 6 aromatic rings. The summed E-state index contributed by atoms with van der Waals surface area (Å²) in [4.78, 5) is 9.17. The number of para-hydroxylation sites is 2. The SMILES string of the molecule is CCc1ccnc(-n2c3ccccc3c3ccc(Oc4ccc5cccc(O)c5n4)cc32)c1. The molecular weight excluding hydrogens is 410 g/mol. The minimum absolute atomic E-state index is 0.135. The first-order valence-electron chi connectivity index (χ1n) is 11.0. The van der Waals surface area contributed by atoms with E-state index in [1.54, 1.807) is 12.1 Å². The number of nitrogens with zero attached hydrogens (tertiary/aromatic N) is 3. The van der Waals surface area contributed by atoms with Crippen LogP contribution in [0.1, 0.15) is 12.5 Å². The molecule has 1 N–H and O–H groups in total. The van der Waals surface area contributed by atoms with E-state index in [0.717, 1.165) is 39.4 Å². The summed E-state index contributed by atoms with van der Waals surface area (Å²) < 4.78 is 8.30. The molecule has 6 rings (SSSR count). The molecule has 3 aromatic heterocycles. The molecule has 0 spiro atoms. The molecule has 5 heteroatoms. The van der Waals surface area contributed by atoms with E-state index >= 15 is 0 Å². The lowest BCUT2D eigenvalue weighted by Gasteiger charge is -2.10. The van der Waals surface area contributed by atoms with Gasteiger partial charge in [0.2, 0.25) is 5.88 Å². The van der Waals surface area contributed by atoms with Gasteiger partial charge in [-0.3, -0.25) is 4.57 Å². The zero-order valence-corrected chi connectivity index (χ0v) is 18.1. The van der Waals surface area contributed by atoms with E-state index in [0.29, 0.717) is 17.1 Å². The lowest BCUT2D eigenvalue weighted by molar-refractivity contribution is 0.460. The minimum Gasteiger partial charge on any atom is -0.506 e. The van der Waals surface area contributed by atoms with Crippen LogP contribution >= 0.6 is 0 Å². The summed E-state index contributed by atoms with van der Waals surface area (Å²) in [6.45, 7) is 2.14. The van der Waals surface area contributed by atoms with E-state index < -0.39 is 0 Å². The Bertz CT molecular complexity index is 1650. The fourth-order valence-corrected chi connectivity index (χ4v) is 4.35. The lowest BCUT2D eigenvalue weighted by atomic mass is 10.1. The van der Waals surface area contributed by atoms with Crippen molar-refractivity contribution in [2.45, 2.75) is 13.3 Å². The Morgan fingerprint density at radius 2 is 1.73 bits per heavy atom. The zero-order chi connectivity index (χ0) is 22.4. The molecule has 0 radical (unpaired) electrons. The molecule has 0 unspecified atom stereocenters. The van der Waals surface area contributed by atoms with Crippen LogP contribution in [-0.4, -0.2) is 19.6 Å². The predicted molar refractivity (Wildman–Crippen MR) is 131 cm³/mol. The van der Waals surface area contributed by atoms with Crippen molar-refractivity contribution in [2.75, 3.05) is 0 Å². The Kier molecular flexibility index (Phi) is 4.47. The van der Waals surface area contributed by atoms with Crippen molar-refractivity contribution >= 4 is 32.7 Å². The second-order valence-corrected chi connectivity index (χ2v) is 8.01. The Morgan fingerprint density at radius 3 is 2.64 bits per heavy atom. The highest BCUT2D eigenvalue weighted by Gasteiger charge is 2.14. The Hall–Kier alpha value is -4.38. The number of phenolic OH excluding ortho intramolecular Hbond substituents is 1. The van der Waals surface area contributed by atoms with Gasteiger partial charge in [-0.15, -0.1) is 0 Å². The number of aryl methyl sites for hydroxylation is 1. The molecule has 0 saturated heterocycles. The fourth-order valence-electron chi connectivity index (χ4n) is 4.35. The fraction of sp³-hybridized carbons (Fsp3) is 0.0714. The van der Waals surface area contributed by atoms with Crippen LogP contribution in [0.4, 0.5) is 0 Å². The standard InChI is InChI=1S/C28H21N3O2/c1-2-18-14-15-29-26(16-18)31-23-8-4-3-7-21(23)22-12-11-20(17-24(22)31)33-27-13-10-19-6-5-9-25(32)28(19)30-27/h3-17,32H,2H2,1H3. The molecule has 0 fully saturated rings. The van der Waals surface area contributed by atoms with Crippen molar-refractivity contribution in [1.29, 1.82) is 0 Å². The van der Waals surface area contributed by atoms with Crippen LogP contribution < -0.4 is 4.74 Å². The molecule has 0 bridgehead atoms. The highest BCUT2D eigenvalue weighted by molar-refractivity contribution is 6.09. The smallest absolute Gasteiger partial charge is 0.219 e. The Labute approximate surface area is 190 Å². The summed E-state index contributed by atoms with van der Waals surface area (Å²) in [6.07, 6.45) is 2.81. The van der Waals surface area contributed by atoms with Crippen LogP contribution in [0, 0.1) is 0 Å². The summed E-state index contributed by atoms with van der Waals surface area (Å²) in [6, 6.07) is 27.6. The molecule has 3 heterocycles. The second-order valence-electron chi connectivity index (χ2n) is 8.01. The maximum atomic E-state index is 10.2. The summed E-state index contributed by atoms with van der Waals surface area (Å²) >= 11 is 0. The quantitative estimate of drug-likeness (QED) is 0.334. The van der Waals surface area contributed by atoms with Gasteiger partial charge >= 0.3 is 0 Å². The monoisotopic (exact) mass is 431 g/mol. The van der Waals surface area contributed by atoms with E-state index in [2.05, 4.69) is 51.8 Å². The van der Waals surface area contributed by atoms with Crippen LogP contribution in [0.5, 0.6) is 17.4 Å². The first-order valence-corrected chi connectivity index (χ1v) is 11.0. The van der Waals surface area contributed by atoms with Crippen LogP contribution in [0.2, 0.25) is 0 Å². The number of phenols is 1. The van der Waals surface area contributed by atoms with E-state index in [1.807, 2.05) is 48.7 Å². The molecule has 0 saturated carbocycles. The number of hydrogen-bond acceptors (Lipinski definition) is 4. The zero-order valence-electron chi connectivity index (χ0n) is 18.1. The topological polar surface area (TPSA) is 60.2 Å². The second kappa shape index (κ2) is 7.64. The molecule has 0 aliphatic heterocycles. The van der Waals surface area contributed by atoms with E-state index in [4.69, 9.17) is 4.74 Å². The highest BCUT2D eigenvalue weighted by atomic mass is 16.5. The number of pyridine rings is 2. The first kappa shape index (κ1) is 19.3. The van der Waals surface area contributed by atoms with Gasteiger partial charge in [0.1, 0.15) is 22.8 Å². The van der Waals surface area contributed by atoms with Gasteiger partial charge in [-0.1, -0.05) is 37.3 Å². The van der Waals surface area contributed by atoms with E-state index in [9.17, 15) is 5.11 Å². The van der Waals surface area contributed by atoms with Gasteiger partial charge < -0.3 is 9.84 Å². The number of benzene rings is 3. The van der Waals surface area contributed by atoms with Crippen LogP contribution in [-0.2, 0) is 6.42 Å². The number of rotatable bonds is 4. The number of ether oxygens (including phenoxy) is 1. The Balaban J connectivity index is 1.51. The third-order valence-corrected chi connectivity index (χ3v) is 5.99. The van der Waals surface area contributed by atoms with Gasteiger partial charge in [0.25, 0.3) is 0 Å². The molecule has 0 aliphatic rings. The van der Waals surface area contributed by atoms with Gasteiger partial charge in [0.05, 0.1) is 11.0 Å². The van der Waals surface area contributed by atoms with Gasteiger partial charge in [-0.05, 0) is 54.4 Å². The molecule has 3 aromatic carbocycles. The number of hydrogen-bond donors (Lipinski definition) is 1. The molecule has 0 atom stereocenters. The summed E-state index contributed by atoms with van der Waals surface area (Å²) in [5, 5.41) is 13.3. The van der Waals surface area contributed by atoms with Crippen molar-refractivity contribution < 1.29 is 9.84 Å². The maximum absolute atomic E-state index is 10.2. The largest absolute Gasteiger partial charge is 0.506 e. The number of fused-ring (bicyclic) bond motifs is 4. The predicted octanol–water partition coefficient (Wildman–Crippen LogP) is 6.79. The summed E-state index contributed by atoms with van der Waals surface area (Å²) in [7, 11) is 0. The summed E-state index contributed by atoms with van der Waals surface area (Å²) in [5.74, 6) is 2.11. The van der Waals surface area contributed by atoms with Crippen molar-refractivity contribution in [3.05, 3.63) is 96.7 Å². The van der Waals surface area contributed by atoms with Gasteiger partial charge in [0.15, 0.2) is 0 Å². The molecule has 5 nitrogen and oxygen atoms in total. The van der Waals surface area contributed by atoms with E-state index in [1.165, 1.54) is 5.56 Å². The van der Waals surface area contributed by atoms with E-state index in [-0.39, 0.29) is 5.75 Å². The van der Waals surface area contributed by atoms with Crippen LogP contribution in [0.3, 0.4) is 0 Å².